The fourth-order valence-corrected chi connectivity index (χ4v) is 6.63. The predicted molar refractivity (Wildman–Crippen MR) is 147 cm³/mol. The van der Waals surface area contributed by atoms with E-state index in [1.807, 2.05) is 33.8 Å². The standard InChI is InChI=1S/C27H32N4O4S2/c1-16-17(2)25(18(3)21-9-10-27(4,5)35-24(16)21)37(33,34)31-15-30-20-8-6-7-19(13-20)14-22(28)23(32)26-29-11-12-36-26/h6-8,11-13,15,22H,9-10,14,28H2,1-5H3,(H,30,31)/t22-/m1/s1. The maximum atomic E-state index is 13.3. The van der Waals surface area contributed by atoms with E-state index in [1.165, 1.54) is 17.7 Å². The van der Waals surface area contributed by atoms with Crippen LogP contribution in [-0.2, 0) is 22.9 Å². The number of nitrogens with zero attached hydrogens (tertiary/aromatic N) is 2. The van der Waals surface area contributed by atoms with E-state index in [0.29, 0.717) is 28.2 Å². The van der Waals surface area contributed by atoms with E-state index < -0.39 is 16.1 Å². The molecule has 0 unspecified atom stereocenters. The SMILES string of the molecule is Cc1c(C)c(S(=O)(=O)N/C=N/c2cccc(C[C@@H](N)C(=O)c3nccs3)c2)c(C)c2c1OC(C)(C)CC2. The van der Waals surface area contributed by atoms with Gasteiger partial charge < -0.3 is 10.5 Å². The first-order valence-electron chi connectivity index (χ1n) is 12.0. The predicted octanol–water partition coefficient (Wildman–Crippen LogP) is 4.56. The zero-order chi connectivity index (χ0) is 27.0. The van der Waals surface area contributed by atoms with E-state index in [2.05, 4.69) is 14.7 Å². The van der Waals surface area contributed by atoms with Crippen molar-refractivity contribution in [3.05, 3.63) is 68.7 Å². The average Bonchev–Trinajstić information content (AvgIpc) is 3.36. The molecule has 1 atom stereocenters. The number of carbonyl (C=O) groups is 1. The summed E-state index contributed by atoms with van der Waals surface area (Å²) in [6, 6.07) is 6.44. The first-order chi connectivity index (χ1) is 17.4. The number of ketones is 1. The minimum Gasteiger partial charge on any atom is -0.487 e. The van der Waals surface area contributed by atoms with Gasteiger partial charge in [-0.05, 0) is 93.8 Å². The molecule has 0 spiro atoms. The Labute approximate surface area is 222 Å². The van der Waals surface area contributed by atoms with Gasteiger partial charge in [0.1, 0.15) is 17.7 Å². The number of aromatic nitrogens is 1. The number of thiazole rings is 1. The molecule has 196 valence electrons. The first-order valence-corrected chi connectivity index (χ1v) is 14.4. The number of Topliss-reactive ketones (excluding diaryl/α,β-unsaturated/α-hetero) is 1. The van der Waals surface area contributed by atoms with Crippen molar-refractivity contribution < 1.29 is 17.9 Å². The Morgan fingerprint density at radius 2 is 2.03 bits per heavy atom. The van der Waals surface area contributed by atoms with Gasteiger partial charge in [-0.2, -0.15) is 0 Å². The van der Waals surface area contributed by atoms with Crippen molar-refractivity contribution in [2.24, 2.45) is 10.7 Å². The van der Waals surface area contributed by atoms with Crippen LogP contribution in [0.25, 0.3) is 0 Å². The number of ether oxygens (including phenoxy) is 1. The molecule has 3 aromatic rings. The molecule has 37 heavy (non-hydrogen) atoms. The number of rotatable bonds is 8. The van der Waals surface area contributed by atoms with Crippen LogP contribution < -0.4 is 15.2 Å². The number of benzene rings is 2. The van der Waals surface area contributed by atoms with Crippen LogP contribution in [0, 0.1) is 20.8 Å². The number of fused-ring (bicyclic) bond motifs is 1. The van der Waals surface area contributed by atoms with Crippen LogP contribution in [0.2, 0.25) is 0 Å². The summed E-state index contributed by atoms with van der Waals surface area (Å²) in [6.45, 7) is 9.63. The lowest BCUT2D eigenvalue weighted by molar-refractivity contribution is 0.0831. The van der Waals surface area contributed by atoms with Crippen molar-refractivity contribution in [2.75, 3.05) is 0 Å². The minimum atomic E-state index is -3.87. The minimum absolute atomic E-state index is 0.211. The van der Waals surface area contributed by atoms with E-state index in [0.717, 1.165) is 35.3 Å². The second-order valence-electron chi connectivity index (χ2n) is 9.94. The highest BCUT2D eigenvalue weighted by molar-refractivity contribution is 7.90. The number of aliphatic imine (C=N–C) groups is 1. The fourth-order valence-electron chi connectivity index (χ4n) is 4.59. The summed E-state index contributed by atoms with van der Waals surface area (Å²) in [5.74, 6) is 0.582. The van der Waals surface area contributed by atoms with Gasteiger partial charge in [0, 0.05) is 11.6 Å². The third-order valence-electron chi connectivity index (χ3n) is 6.70. The van der Waals surface area contributed by atoms with E-state index >= 15 is 0 Å². The number of nitrogens with two attached hydrogens (primary N) is 1. The molecule has 0 saturated carbocycles. The molecule has 10 heteroatoms. The Morgan fingerprint density at radius 3 is 2.73 bits per heavy atom. The van der Waals surface area contributed by atoms with Crippen LogP contribution >= 0.6 is 11.3 Å². The van der Waals surface area contributed by atoms with Gasteiger partial charge in [-0.1, -0.05) is 12.1 Å². The van der Waals surface area contributed by atoms with E-state index in [1.54, 1.807) is 36.7 Å². The van der Waals surface area contributed by atoms with Crippen LogP contribution in [0.3, 0.4) is 0 Å². The third-order valence-corrected chi connectivity index (χ3v) is 9.06. The quantitative estimate of drug-likeness (QED) is 0.245. The highest BCUT2D eigenvalue weighted by Crippen LogP contribution is 2.42. The second kappa shape index (κ2) is 10.4. The number of nitrogens with one attached hydrogen (secondary N) is 1. The van der Waals surface area contributed by atoms with Gasteiger partial charge in [-0.15, -0.1) is 11.3 Å². The van der Waals surface area contributed by atoms with Crippen LogP contribution in [0.1, 0.15) is 57.9 Å². The molecule has 1 aliphatic rings. The number of sulfonamides is 1. The number of hydrogen-bond donors (Lipinski definition) is 2. The van der Waals surface area contributed by atoms with Crippen molar-refractivity contribution in [1.29, 1.82) is 0 Å². The molecular formula is C27H32N4O4S2. The Hall–Kier alpha value is -3.08. The van der Waals surface area contributed by atoms with Gasteiger partial charge >= 0.3 is 0 Å². The van der Waals surface area contributed by atoms with Crippen molar-refractivity contribution in [2.45, 2.75) is 70.4 Å². The Kier molecular flexibility index (Phi) is 7.55. The van der Waals surface area contributed by atoms with Gasteiger partial charge in [-0.25, -0.2) is 18.4 Å². The Balaban J connectivity index is 1.51. The average molecular weight is 541 g/mol. The normalized spacial score (nSPS) is 15.7. The van der Waals surface area contributed by atoms with Crippen molar-refractivity contribution in [3.8, 4) is 5.75 Å². The van der Waals surface area contributed by atoms with Gasteiger partial charge in [-0.3, -0.25) is 9.52 Å². The van der Waals surface area contributed by atoms with Gasteiger partial charge in [0.2, 0.25) is 5.78 Å². The molecule has 0 bridgehead atoms. The summed E-state index contributed by atoms with van der Waals surface area (Å²) < 4.78 is 35.4. The molecule has 2 aromatic carbocycles. The topological polar surface area (TPSA) is 124 Å². The molecule has 0 radical (unpaired) electrons. The van der Waals surface area contributed by atoms with E-state index in [-0.39, 0.29) is 16.3 Å². The summed E-state index contributed by atoms with van der Waals surface area (Å²) in [5.41, 5.74) is 10.3. The van der Waals surface area contributed by atoms with Crippen molar-refractivity contribution >= 4 is 39.2 Å². The zero-order valence-corrected chi connectivity index (χ0v) is 23.3. The smallest absolute Gasteiger partial charge is 0.263 e. The molecular weight excluding hydrogens is 508 g/mol. The fraction of sp³-hybridized carbons (Fsp3) is 0.370. The molecule has 4 rings (SSSR count). The summed E-state index contributed by atoms with van der Waals surface area (Å²) in [6.07, 6.45) is 4.64. The maximum Gasteiger partial charge on any atom is 0.263 e. The van der Waals surface area contributed by atoms with Crippen molar-refractivity contribution in [1.82, 2.24) is 9.71 Å². The zero-order valence-electron chi connectivity index (χ0n) is 21.7. The highest BCUT2D eigenvalue weighted by atomic mass is 32.2. The second-order valence-corrected chi connectivity index (χ2v) is 12.5. The van der Waals surface area contributed by atoms with Crippen LogP contribution in [0.4, 0.5) is 5.69 Å². The van der Waals surface area contributed by atoms with E-state index in [9.17, 15) is 13.2 Å². The van der Waals surface area contributed by atoms with Crippen LogP contribution in [-0.4, -0.2) is 37.2 Å². The molecule has 3 N–H and O–H groups in total. The molecule has 2 heterocycles. The molecule has 0 amide bonds. The van der Waals surface area contributed by atoms with Crippen LogP contribution in [0.15, 0.2) is 45.7 Å². The van der Waals surface area contributed by atoms with Crippen molar-refractivity contribution in [3.63, 3.8) is 0 Å². The summed E-state index contributed by atoms with van der Waals surface area (Å²) in [5, 5.41) is 2.12. The maximum absolute atomic E-state index is 13.3. The van der Waals surface area contributed by atoms with Gasteiger partial charge in [0.25, 0.3) is 10.0 Å². The molecule has 1 aliphatic heterocycles. The molecule has 8 nitrogen and oxygen atoms in total. The van der Waals surface area contributed by atoms with Gasteiger partial charge in [0.15, 0.2) is 5.01 Å². The highest BCUT2D eigenvalue weighted by Gasteiger charge is 2.33. The Bertz CT molecular complexity index is 1460. The van der Waals surface area contributed by atoms with Gasteiger partial charge in [0.05, 0.1) is 16.6 Å². The number of hydrogen-bond acceptors (Lipinski definition) is 8. The summed E-state index contributed by atoms with van der Waals surface area (Å²) >= 11 is 1.26. The first kappa shape index (κ1) is 27.0. The van der Waals surface area contributed by atoms with E-state index in [4.69, 9.17) is 10.5 Å². The lowest BCUT2D eigenvalue weighted by atomic mass is 9.88. The summed E-state index contributed by atoms with van der Waals surface area (Å²) in [7, 11) is -3.87. The van der Waals surface area contributed by atoms with Crippen LogP contribution in [0.5, 0.6) is 5.75 Å². The number of carbonyl (C=O) groups excluding carboxylic acids is 1. The molecule has 0 aliphatic carbocycles. The molecule has 0 fully saturated rings. The lowest BCUT2D eigenvalue weighted by Crippen LogP contribution is -2.34. The lowest BCUT2D eigenvalue weighted by Gasteiger charge is -2.35. The molecule has 1 aromatic heterocycles. The monoisotopic (exact) mass is 540 g/mol. The molecule has 0 saturated heterocycles. The third kappa shape index (κ3) is 5.76. The largest absolute Gasteiger partial charge is 0.487 e. The Morgan fingerprint density at radius 1 is 1.27 bits per heavy atom. The summed E-state index contributed by atoms with van der Waals surface area (Å²) in [4.78, 5) is 21.0.